The minimum atomic E-state index is -0.961. The smallest absolute Gasteiger partial charge is 0.369 e. The molecule has 4 rings (SSSR count). The van der Waals surface area contributed by atoms with Gasteiger partial charge >= 0.3 is 15.1 Å². The molecule has 0 atom stereocenters. The third-order valence-corrected chi connectivity index (χ3v) is 5.73. The van der Waals surface area contributed by atoms with Crippen molar-refractivity contribution in [1.82, 2.24) is 0 Å². The predicted molar refractivity (Wildman–Crippen MR) is 145 cm³/mol. The van der Waals surface area contributed by atoms with E-state index >= 15 is 0 Å². The van der Waals surface area contributed by atoms with Gasteiger partial charge in [0.1, 0.15) is 11.5 Å². The van der Waals surface area contributed by atoms with E-state index < -0.39 is 11.9 Å². The van der Waals surface area contributed by atoms with Crippen LogP contribution < -0.4 is 4.74 Å². The number of benzene rings is 2. The highest BCUT2D eigenvalue weighted by molar-refractivity contribution is 9.69. The molecule has 0 fully saturated rings. The molecule has 0 saturated heterocycles. The van der Waals surface area contributed by atoms with Crippen LogP contribution in [0.25, 0.3) is 20.2 Å². The Balaban J connectivity index is 0.000000268. The Labute approximate surface area is 217 Å². The summed E-state index contributed by atoms with van der Waals surface area (Å²) in [7, 11) is 1.56. The Hall–Kier alpha value is -1.60. The molecule has 0 aliphatic carbocycles. The van der Waals surface area contributed by atoms with E-state index in [0.29, 0.717) is 16.7 Å². The van der Waals surface area contributed by atoms with E-state index in [-0.39, 0.29) is 21.9 Å². The minimum absolute atomic E-state index is 0. The SMILES string of the molecule is BrB(Br)Br.C.COc1ccc2scc(C(=O)O)c2c1.O=C(O)c1csc2ccc(O)cc12. The van der Waals surface area contributed by atoms with Gasteiger partial charge in [-0.25, -0.2) is 9.59 Å². The van der Waals surface area contributed by atoms with Gasteiger partial charge in [-0.05, 0) is 36.4 Å². The average molecular weight is 669 g/mol. The molecule has 4 aromatic rings. The first kappa shape index (κ1) is 28.4. The third kappa shape index (κ3) is 7.77. The Kier molecular flexibility index (Phi) is 11.7. The monoisotopic (exact) mass is 666 g/mol. The van der Waals surface area contributed by atoms with Crippen LogP contribution in [0, 0.1) is 0 Å². The summed E-state index contributed by atoms with van der Waals surface area (Å²) in [6.45, 7) is 0. The first-order valence-corrected chi connectivity index (χ1v) is 12.8. The molecule has 3 N–H and O–H groups in total. The van der Waals surface area contributed by atoms with Crippen LogP contribution in [-0.4, -0.2) is 37.6 Å². The summed E-state index contributed by atoms with van der Waals surface area (Å²) in [5, 5.41) is 31.4. The number of halogens is 3. The molecule has 0 spiro atoms. The summed E-state index contributed by atoms with van der Waals surface area (Å²) >= 11 is 12.1. The normalized spacial score (nSPS) is 9.62. The molecule has 0 unspecified atom stereocenters. The van der Waals surface area contributed by atoms with Crippen molar-refractivity contribution in [2.24, 2.45) is 0 Å². The number of rotatable bonds is 3. The van der Waals surface area contributed by atoms with Crippen LogP contribution in [0.15, 0.2) is 47.2 Å². The number of hydrogen-bond donors (Lipinski definition) is 3. The number of fused-ring (bicyclic) bond motifs is 2. The number of methoxy groups -OCH3 is 1. The van der Waals surface area contributed by atoms with Gasteiger partial charge in [0, 0.05) is 30.9 Å². The Morgan fingerprint density at radius 1 is 0.875 bits per heavy atom. The van der Waals surface area contributed by atoms with Crippen molar-refractivity contribution in [1.29, 1.82) is 0 Å². The highest BCUT2D eigenvalue weighted by Gasteiger charge is 2.11. The van der Waals surface area contributed by atoms with Crippen molar-refractivity contribution in [2.45, 2.75) is 7.43 Å². The molecule has 6 nitrogen and oxygen atoms in total. The molecule has 0 amide bonds. The number of phenols is 1. The molecule has 0 aliphatic heterocycles. The topological polar surface area (TPSA) is 104 Å². The van der Waals surface area contributed by atoms with Gasteiger partial charge in [0.15, 0.2) is 0 Å². The lowest BCUT2D eigenvalue weighted by atomic mass is 10.2. The van der Waals surface area contributed by atoms with Gasteiger partial charge in [-0.15, -0.1) is 69.9 Å². The lowest BCUT2D eigenvalue weighted by molar-refractivity contribution is 0.0688. The maximum absolute atomic E-state index is 10.8. The average Bonchev–Trinajstić information content (AvgIpc) is 3.31. The van der Waals surface area contributed by atoms with Crippen molar-refractivity contribution in [3.05, 3.63) is 58.3 Å². The molecular weight excluding hydrogens is 651 g/mol. The summed E-state index contributed by atoms with van der Waals surface area (Å²) in [6.07, 6.45) is 0. The maximum Gasteiger partial charge on any atom is 0.369 e. The second-order valence-corrected chi connectivity index (χ2v) is 14.0. The molecule has 0 saturated carbocycles. The van der Waals surface area contributed by atoms with Gasteiger partial charge in [-0.3, -0.25) is 0 Å². The van der Waals surface area contributed by atoms with E-state index in [4.69, 9.17) is 20.1 Å². The molecule has 2 heterocycles. The number of hydrogen-bond acceptors (Lipinski definition) is 6. The molecule has 32 heavy (non-hydrogen) atoms. The van der Waals surface area contributed by atoms with Gasteiger partial charge in [-0.2, -0.15) is 0 Å². The van der Waals surface area contributed by atoms with Gasteiger partial charge in [-0.1, -0.05) is 7.43 Å². The van der Waals surface area contributed by atoms with Crippen molar-refractivity contribution in [2.75, 3.05) is 7.11 Å². The fourth-order valence-electron chi connectivity index (χ4n) is 2.48. The number of carboxylic acid groups (broad SMARTS) is 2. The van der Waals surface area contributed by atoms with Crippen molar-refractivity contribution < 1.29 is 29.6 Å². The quantitative estimate of drug-likeness (QED) is 0.193. The zero-order valence-corrected chi connectivity index (χ0v) is 22.1. The molecule has 12 heteroatoms. The molecule has 0 radical (unpaired) electrons. The minimum Gasteiger partial charge on any atom is -0.508 e. The van der Waals surface area contributed by atoms with Crippen molar-refractivity contribution in [3.63, 3.8) is 0 Å². The van der Waals surface area contributed by atoms with Crippen LogP contribution in [-0.2, 0) is 0 Å². The van der Waals surface area contributed by atoms with Crippen LogP contribution in [0.3, 0.4) is 0 Å². The zero-order valence-electron chi connectivity index (χ0n) is 15.7. The Morgan fingerprint density at radius 3 is 1.75 bits per heavy atom. The lowest BCUT2D eigenvalue weighted by Crippen LogP contribution is -1.93. The number of carboxylic acids is 2. The highest BCUT2D eigenvalue weighted by atomic mass is 79.9. The highest BCUT2D eigenvalue weighted by Crippen LogP contribution is 2.30. The first-order chi connectivity index (χ1) is 14.6. The van der Waals surface area contributed by atoms with Crippen LogP contribution in [0.5, 0.6) is 11.5 Å². The van der Waals surface area contributed by atoms with Crippen LogP contribution in [0.4, 0.5) is 0 Å². The number of phenolic OH excluding ortho intramolecular Hbond substituents is 1. The largest absolute Gasteiger partial charge is 0.508 e. The van der Waals surface area contributed by atoms with Crippen LogP contribution in [0.1, 0.15) is 28.1 Å². The summed E-state index contributed by atoms with van der Waals surface area (Å²) in [5.74, 6) is -1.09. The lowest BCUT2D eigenvalue weighted by Gasteiger charge is -1.99. The number of thiophene rings is 2. The molecule has 0 aliphatic rings. The van der Waals surface area contributed by atoms with E-state index in [2.05, 4.69) is 47.3 Å². The number of carbonyl (C=O) groups is 2. The number of ether oxygens (including phenoxy) is 1. The van der Waals surface area contributed by atoms with E-state index in [9.17, 15) is 9.59 Å². The molecule has 2 aromatic carbocycles. The van der Waals surface area contributed by atoms with E-state index in [1.165, 1.54) is 28.7 Å². The Morgan fingerprint density at radius 2 is 1.31 bits per heavy atom. The maximum atomic E-state index is 10.8. The zero-order chi connectivity index (χ0) is 23.1. The van der Waals surface area contributed by atoms with Crippen molar-refractivity contribution in [3.8, 4) is 11.5 Å². The van der Waals surface area contributed by atoms with E-state index in [1.54, 1.807) is 36.1 Å². The molecular formula is C20H18BBr3O6S2. The second kappa shape index (κ2) is 13.2. The summed E-state index contributed by atoms with van der Waals surface area (Å²) < 4.78 is 7.14. The second-order valence-electron chi connectivity index (χ2n) is 5.70. The van der Waals surface area contributed by atoms with Crippen LogP contribution in [0.2, 0.25) is 0 Å². The standard InChI is InChI=1S/C10H8O3S.C9H6O3S.CH4.BBr3/c1-13-6-2-3-9-7(4-6)8(5-14-9)10(11)12;10-5-1-2-8-6(3-5)7(4-13-8)9(11)12;;2-1(3)4/h2-5H,1H3,(H,11,12);1-4,10H,(H,11,12);1H4;. The summed E-state index contributed by atoms with van der Waals surface area (Å²) in [6, 6.07) is 10.2. The predicted octanol–water partition coefficient (Wildman–Crippen LogP) is 7.71. The fraction of sp³-hybridized carbons (Fsp3) is 0.100. The molecule has 2 aromatic heterocycles. The van der Waals surface area contributed by atoms with Crippen molar-refractivity contribution >= 4 is 105 Å². The van der Waals surface area contributed by atoms with E-state index in [1.807, 2.05) is 12.1 Å². The number of aromatic carboxylic acids is 2. The first-order valence-electron chi connectivity index (χ1n) is 8.28. The van der Waals surface area contributed by atoms with Gasteiger partial charge in [0.25, 0.3) is 0 Å². The van der Waals surface area contributed by atoms with Gasteiger partial charge in [0.2, 0.25) is 0 Å². The fourth-order valence-corrected chi connectivity index (χ4v) is 4.31. The van der Waals surface area contributed by atoms with Crippen LogP contribution >= 0.6 is 69.9 Å². The Bertz CT molecular complexity index is 1210. The summed E-state index contributed by atoms with van der Waals surface area (Å²) in [5.41, 5.74) is 0.583. The molecule has 170 valence electrons. The van der Waals surface area contributed by atoms with Gasteiger partial charge in [0.05, 0.1) is 18.2 Å². The molecule has 0 bridgehead atoms. The number of aromatic hydroxyl groups is 1. The van der Waals surface area contributed by atoms with Gasteiger partial charge < -0.3 is 20.1 Å². The summed E-state index contributed by atoms with van der Waals surface area (Å²) in [4.78, 5) is 21.6. The van der Waals surface area contributed by atoms with E-state index in [0.717, 1.165) is 14.8 Å². The third-order valence-electron chi connectivity index (χ3n) is 3.80.